The van der Waals surface area contributed by atoms with Crippen molar-refractivity contribution in [2.45, 2.75) is 0 Å². The minimum atomic E-state index is -1.16. The number of amides is 1. The van der Waals surface area contributed by atoms with Crippen LogP contribution in [0.3, 0.4) is 0 Å². The Hall–Kier alpha value is -3.57. The molecule has 4 rings (SSSR count). The van der Waals surface area contributed by atoms with Gasteiger partial charge in [0.05, 0.1) is 11.3 Å². The van der Waals surface area contributed by atoms with Gasteiger partial charge < -0.3 is 15.0 Å². The quantitative estimate of drug-likeness (QED) is 0.475. The van der Waals surface area contributed by atoms with Gasteiger partial charge in [0.25, 0.3) is 5.91 Å². The number of benzene rings is 3. The highest BCUT2D eigenvalue weighted by molar-refractivity contribution is 6.31. The molecule has 0 aliphatic heterocycles. The molecule has 29 heavy (non-hydrogen) atoms. The maximum absolute atomic E-state index is 12.9. The molecule has 1 heterocycles. The van der Waals surface area contributed by atoms with Gasteiger partial charge in [0.15, 0.2) is 0 Å². The summed E-state index contributed by atoms with van der Waals surface area (Å²) < 4.78 is 1.79. The zero-order chi connectivity index (χ0) is 20.5. The van der Waals surface area contributed by atoms with Crippen molar-refractivity contribution in [1.29, 1.82) is 0 Å². The van der Waals surface area contributed by atoms with E-state index < -0.39 is 11.9 Å². The van der Waals surface area contributed by atoms with Crippen molar-refractivity contribution in [3.8, 4) is 11.1 Å². The number of nitrogens with one attached hydrogen (secondary N) is 1. The van der Waals surface area contributed by atoms with E-state index in [0.717, 1.165) is 22.0 Å². The van der Waals surface area contributed by atoms with Crippen LogP contribution in [0, 0.1) is 0 Å². The Bertz CT molecular complexity index is 1250. The first kappa shape index (κ1) is 18.8. The second kappa shape index (κ2) is 7.45. The number of carboxylic acid groups (broad SMARTS) is 1. The standard InChI is InChI=1S/C23H17ClN2O3/c1-26-20-10-7-15(14-5-3-2-4-6-14)11-16(20)12-21(26)22(27)25-19-9-8-17(24)13-18(19)23(28)29/h2-13H,1H3,(H,25,27)(H,28,29). The Balaban J connectivity index is 1.70. The predicted molar refractivity (Wildman–Crippen MR) is 115 cm³/mol. The number of hydrogen-bond donors (Lipinski definition) is 2. The summed E-state index contributed by atoms with van der Waals surface area (Å²) in [6, 6.07) is 22.2. The number of hydrogen-bond acceptors (Lipinski definition) is 2. The van der Waals surface area contributed by atoms with Crippen LogP contribution in [0.15, 0.2) is 72.8 Å². The van der Waals surface area contributed by atoms with Crippen LogP contribution >= 0.6 is 11.6 Å². The van der Waals surface area contributed by atoms with Gasteiger partial charge in [-0.25, -0.2) is 4.79 Å². The molecule has 6 heteroatoms. The Morgan fingerprint density at radius 2 is 1.69 bits per heavy atom. The molecule has 3 aromatic carbocycles. The van der Waals surface area contributed by atoms with Crippen LogP contribution in [0.5, 0.6) is 0 Å². The smallest absolute Gasteiger partial charge is 0.337 e. The molecule has 0 atom stereocenters. The molecule has 0 saturated carbocycles. The van der Waals surface area contributed by atoms with Gasteiger partial charge in [-0.15, -0.1) is 0 Å². The third-order valence-electron chi connectivity index (χ3n) is 4.84. The van der Waals surface area contributed by atoms with Crippen molar-refractivity contribution in [3.05, 3.63) is 89.1 Å². The van der Waals surface area contributed by atoms with E-state index in [9.17, 15) is 14.7 Å². The molecule has 0 spiro atoms. The van der Waals surface area contributed by atoms with Gasteiger partial charge in [-0.3, -0.25) is 4.79 Å². The largest absolute Gasteiger partial charge is 0.478 e. The molecule has 0 aliphatic carbocycles. The second-order valence-corrected chi connectivity index (χ2v) is 7.11. The lowest BCUT2D eigenvalue weighted by Crippen LogP contribution is -2.17. The van der Waals surface area contributed by atoms with E-state index in [1.54, 1.807) is 17.7 Å². The monoisotopic (exact) mass is 404 g/mol. The number of aromatic nitrogens is 1. The van der Waals surface area contributed by atoms with Gasteiger partial charge in [0.2, 0.25) is 0 Å². The minimum Gasteiger partial charge on any atom is -0.478 e. The van der Waals surface area contributed by atoms with E-state index in [0.29, 0.717) is 10.7 Å². The van der Waals surface area contributed by atoms with Gasteiger partial charge in [0, 0.05) is 23.0 Å². The number of rotatable bonds is 4. The van der Waals surface area contributed by atoms with Crippen molar-refractivity contribution in [1.82, 2.24) is 4.57 Å². The number of carbonyl (C=O) groups excluding carboxylic acids is 1. The Labute approximate surface area is 172 Å². The third kappa shape index (κ3) is 3.60. The molecule has 0 unspecified atom stereocenters. The number of carboxylic acids is 1. The van der Waals surface area contributed by atoms with Gasteiger partial charge >= 0.3 is 5.97 Å². The first-order valence-corrected chi connectivity index (χ1v) is 9.31. The van der Waals surface area contributed by atoms with Crippen LogP contribution in [-0.2, 0) is 7.05 Å². The number of aryl methyl sites for hydroxylation is 1. The Morgan fingerprint density at radius 1 is 0.931 bits per heavy atom. The summed E-state index contributed by atoms with van der Waals surface area (Å²) >= 11 is 5.88. The summed E-state index contributed by atoms with van der Waals surface area (Å²) in [4.78, 5) is 24.3. The van der Waals surface area contributed by atoms with Crippen molar-refractivity contribution >= 4 is 40.1 Å². The Kier molecular flexibility index (Phi) is 4.82. The molecule has 0 aliphatic rings. The van der Waals surface area contributed by atoms with Gasteiger partial charge in [-0.05, 0) is 47.5 Å². The fourth-order valence-corrected chi connectivity index (χ4v) is 3.54. The number of fused-ring (bicyclic) bond motifs is 1. The number of nitrogens with zero attached hydrogens (tertiary/aromatic N) is 1. The SMILES string of the molecule is Cn1c(C(=O)Nc2ccc(Cl)cc2C(=O)O)cc2cc(-c3ccccc3)ccc21. The second-order valence-electron chi connectivity index (χ2n) is 6.68. The first-order valence-electron chi connectivity index (χ1n) is 8.93. The fourth-order valence-electron chi connectivity index (χ4n) is 3.37. The summed E-state index contributed by atoms with van der Waals surface area (Å²) in [6.45, 7) is 0. The lowest BCUT2D eigenvalue weighted by atomic mass is 10.0. The van der Waals surface area contributed by atoms with Crippen molar-refractivity contribution < 1.29 is 14.7 Å². The van der Waals surface area contributed by atoms with Crippen molar-refractivity contribution in [3.63, 3.8) is 0 Å². The van der Waals surface area contributed by atoms with Gasteiger partial charge in [-0.2, -0.15) is 0 Å². The van der Waals surface area contributed by atoms with E-state index in [4.69, 9.17) is 11.6 Å². The highest BCUT2D eigenvalue weighted by Crippen LogP contribution is 2.27. The zero-order valence-corrected chi connectivity index (χ0v) is 16.3. The summed E-state index contributed by atoms with van der Waals surface area (Å²) in [7, 11) is 1.80. The summed E-state index contributed by atoms with van der Waals surface area (Å²) in [5.74, 6) is -1.55. The van der Waals surface area contributed by atoms with E-state index in [1.807, 2.05) is 48.5 Å². The molecular weight excluding hydrogens is 388 g/mol. The van der Waals surface area contributed by atoms with Gasteiger partial charge in [0.1, 0.15) is 5.69 Å². The normalized spacial score (nSPS) is 10.8. The van der Waals surface area contributed by atoms with E-state index in [2.05, 4.69) is 5.32 Å². The minimum absolute atomic E-state index is 0.0593. The van der Waals surface area contributed by atoms with Crippen LogP contribution in [0.25, 0.3) is 22.0 Å². The lowest BCUT2D eigenvalue weighted by molar-refractivity contribution is 0.0698. The number of halogens is 1. The molecule has 1 aromatic heterocycles. The molecule has 5 nitrogen and oxygen atoms in total. The van der Waals surface area contributed by atoms with Crippen molar-refractivity contribution in [2.24, 2.45) is 7.05 Å². The van der Waals surface area contributed by atoms with Crippen LogP contribution in [0.2, 0.25) is 5.02 Å². The molecule has 0 radical (unpaired) electrons. The van der Waals surface area contributed by atoms with Gasteiger partial charge in [-0.1, -0.05) is 48.0 Å². The predicted octanol–water partition coefficient (Wildman–Crippen LogP) is 5.45. The first-order chi connectivity index (χ1) is 13.9. The molecule has 2 N–H and O–H groups in total. The average molecular weight is 405 g/mol. The van der Waals surface area contributed by atoms with Crippen LogP contribution in [0.4, 0.5) is 5.69 Å². The topological polar surface area (TPSA) is 71.3 Å². The summed E-state index contributed by atoms with van der Waals surface area (Å²) in [6.07, 6.45) is 0. The zero-order valence-electron chi connectivity index (χ0n) is 15.5. The average Bonchev–Trinajstić information content (AvgIpc) is 3.06. The van der Waals surface area contributed by atoms with E-state index in [-0.39, 0.29) is 11.3 Å². The molecule has 144 valence electrons. The summed E-state index contributed by atoms with van der Waals surface area (Å²) in [5.41, 5.74) is 3.62. The number of carbonyl (C=O) groups is 2. The van der Waals surface area contributed by atoms with E-state index >= 15 is 0 Å². The summed E-state index contributed by atoms with van der Waals surface area (Å²) in [5, 5.41) is 13.3. The molecule has 1 amide bonds. The fraction of sp³-hybridized carbons (Fsp3) is 0.0435. The molecule has 0 bridgehead atoms. The number of anilines is 1. The van der Waals surface area contributed by atoms with Crippen molar-refractivity contribution in [2.75, 3.05) is 5.32 Å². The van der Waals surface area contributed by atoms with Crippen LogP contribution in [0.1, 0.15) is 20.8 Å². The molecule has 0 saturated heterocycles. The van der Waals surface area contributed by atoms with Crippen LogP contribution in [-0.4, -0.2) is 21.6 Å². The highest BCUT2D eigenvalue weighted by atomic mass is 35.5. The maximum atomic E-state index is 12.9. The number of aromatic carboxylic acids is 1. The maximum Gasteiger partial charge on any atom is 0.337 e. The van der Waals surface area contributed by atoms with E-state index in [1.165, 1.54) is 18.2 Å². The highest BCUT2D eigenvalue weighted by Gasteiger charge is 2.18. The lowest BCUT2D eigenvalue weighted by Gasteiger charge is -2.09. The molecule has 0 fully saturated rings. The third-order valence-corrected chi connectivity index (χ3v) is 5.08. The Morgan fingerprint density at radius 3 is 2.41 bits per heavy atom. The molecule has 4 aromatic rings. The van der Waals surface area contributed by atoms with Crippen LogP contribution < -0.4 is 5.32 Å². The molecular formula is C23H17ClN2O3.